The first-order chi connectivity index (χ1) is 9.13. The molecule has 1 aromatic rings. The molecule has 0 spiro atoms. The van der Waals surface area contributed by atoms with Gasteiger partial charge in [0.25, 0.3) is 0 Å². The molecule has 0 fully saturated rings. The van der Waals surface area contributed by atoms with Crippen LogP contribution in [0, 0.1) is 23.6 Å². The third-order valence-electron chi connectivity index (χ3n) is 2.67. The van der Waals surface area contributed by atoms with Gasteiger partial charge in [-0.1, -0.05) is 31.8 Å². The first-order valence-corrected chi connectivity index (χ1v) is 6.59. The molecule has 0 aromatic heterocycles. The van der Waals surface area contributed by atoms with Gasteiger partial charge >= 0.3 is 0 Å². The average Bonchev–Trinajstić information content (AvgIpc) is 2.38. The number of hydrogen-bond acceptors (Lipinski definition) is 2. The van der Waals surface area contributed by atoms with Crippen molar-refractivity contribution >= 4 is 0 Å². The van der Waals surface area contributed by atoms with Crippen molar-refractivity contribution in [3.8, 4) is 11.8 Å². The summed E-state index contributed by atoms with van der Waals surface area (Å²) in [4.78, 5) is 0. The van der Waals surface area contributed by atoms with Crippen LogP contribution >= 0.6 is 0 Å². The summed E-state index contributed by atoms with van der Waals surface area (Å²) in [7, 11) is 0. The number of benzene rings is 1. The highest BCUT2D eigenvalue weighted by atomic mass is 19.1. The van der Waals surface area contributed by atoms with Crippen LogP contribution in [0.25, 0.3) is 0 Å². The van der Waals surface area contributed by atoms with Crippen LogP contribution in [0.3, 0.4) is 0 Å². The minimum Gasteiger partial charge on any atom is -0.384 e. The van der Waals surface area contributed by atoms with E-state index in [-0.39, 0.29) is 12.4 Å². The van der Waals surface area contributed by atoms with Crippen molar-refractivity contribution in [2.24, 2.45) is 5.92 Å². The summed E-state index contributed by atoms with van der Waals surface area (Å²) in [6.45, 7) is 5.28. The third kappa shape index (κ3) is 6.37. The van der Waals surface area contributed by atoms with E-state index in [1.54, 1.807) is 12.1 Å². The van der Waals surface area contributed by atoms with E-state index in [4.69, 9.17) is 9.84 Å². The molecule has 0 aliphatic heterocycles. The van der Waals surface area contributed by atoms with Crippen LogP contribution in [-0.4, -0.2) is 18.3 Å². The Morgan fingerprint density at radius 1 is 1.37 bits per heavy atom. The Hall–Kier alpha value is -1.37. The highest BCUT2D eigenvalue weighted by Crippen LogP contribution is 2.11. The lowest BCUT2D eigenvalue weighted by Crippen LogP contribution is -1.98. The van der Waals surface area contributed by atoms with E-state index in [9.17, 15) is 4.39 Å². The third-order valence-corrected chi connectivity index (χ3v) is 2.67. The number of halogens is 1. The largest absolute Gasteiger partial charge is 0.384 e. The molecule has 0 amide bonds. The van der Waals surface area contributed by atoms with Crippen LogP contribution in [0.5, 0.6) is 0 Å². The summed E-state index contributed by atoms with van der Waals surface area (Å²) in [6, 6.07) is 4.75. The molecule has 3 heteroatoms. The number of ether oxygens (including phenoxy) is 1. The number of aliphatic hydroxyl groups excluding tert-OH is 1. The van der Waals surface area contributed by atoms with Crippen LogP contribution < -0.4 is 0 Å². The van der Waals surface area contributed by atoms with Crippen molar-refractivity contribution in [3.63, 3.8) is 0 Å². The van der Waals surface area contributed by atoms with Crippen molar-refractivity contribution in [1.29, 1.82) is 0 Å². The second kappa shape index (κ2) is 8.68. The molecule has 1 N–H and O–H groups in total. The first kappa shape index (κ1) is 15.7. The predicted octanol–water partition coefficient (Wildman–Crippen LogP) is 3.12. The van der Waals surface area contributed by atoms with E-state index in [1.807, 2.05) is 0 Å². The van der Waals surface area contributed by atoms with Crippen LogP contribution in [0.15, 0.2) is 18.2 Å². The number of aliphatic hydroxyl groups is 1. The minimum atomic E-state index is -0.371. The normalized spacial score (nSPS) is 10.4. The van der Waals surface area contributed by atoms with E-state index < -0.39 is 0 Å². The van der Waals surface area contributed by atoms with Crippen LogP contribution in [0.2, 0.25) is 0 Å². The van der Waals surface area contributed by atoms with Crippen LogP contribution in [-0.2, 0) is 11.3 Å². The maximum atomic E-state index is 13.4. The molecule has 19 heavy (non-hydrogen) atoms. The van der Waals surface area contributed by atoms with Gasteiger partial charge in [-0.05, 0) is 36.5 Å². The fourth-order valence-corrected chi connectivity index (χ4v) is 1.68. The average molecular weight is 264 g/mol. The lowest BCUT2D eigenvalue weighted by Gasteiger charge is -2.07. The lowest BCUT2D eigenvalue weighted by atomic mass is 10.1. The van der Waals surface area contributed by atoms with Gasteiger partial charge in [0, 0.05) is 6.61 Å². The van der Waals surface area contributed by atoms with Gasteiger partial charge in [0.1, 0.15) is 12.4 Å². The summed E-state index contributed by atoms with van der Waals surface area (Å²) in [5.74, 6) is 5.35. The van der Waals surface area contributed by atoms with E-state index in [0.29, 0.717) is 24.7 Å². The van der Waals surface area contributed by atoms with Crippen LogP contribution in [0.4, 0.5) is 4.39 Å². The smallest absolute Gasteiger partial charge is 0.138 e. The van der Waals surface area contributed by atoms with Crippen molar-refractivity contribution in [1.82, 2.24) is 0 Å². The SMILES string of the molecule is CC(C)CCCOCc1ccc(F)c(C#CCO)c1. The second-order valence-corrected chi connectivity index (χ2v) is 4.86. The van der Waals surface area contributed by atoms with Gasteiger partial charge in [0.2, 0.25) is 0 Å². The molecule has 104 valence electrons. The van der Waals surface area contributed by atoms with E-state index >= 15 is 0 Å². The Morgan fingerprint density at radius 2 is 2.16 bits per heavy atom. The van der Waals surface area contributed by atoms with E-state index in [2.05, 4.69) is 25.7 Å². The zero-order valence-electron chi connectivity index (χ0n) is 11.6. The Labute approximate surface area is 114 Å². The van der Waals surface area contributed by atoms with Crippen molar-refractivity contribution in [2.45, 2.75) is 33.3 Å². The Kier molecular flexibility index (Phi) is 7.17. The molecule has 0 bridgehead atoms. The minimum absolute atomic E-state index is 0.268. The summed E-state index contributed by atoms with van der Waals surface area (Å²) >= 11 is 0. The molecule has 1 aromatic carbocycles. The topological polar surface area (TPSA) is 29.5 Å². The molecule has 0 heterocycles. The monoisotopic (exact) mass is 264 g/mol. The maximum Gasteiger partial charge on any atom is 0.138 e. The zero-order chi connectivity index (χ0) is 14.1. The fourth-order valence-electron chi connectivity index (χ4n) is 1.68. The molecule has 1 rings (SSSR count). The highest BCUT2D eigenvalue weighted by Gasteiger charge is 2.02. The summed E-state index contributed by atoms with van der Waals surface area (Å²) in [5.41, 5.74) is 1.20. The summed E-state index contributed by atoms with van der Waals surface area (Å²) < 4.78 is 18.9. The Bertz CT molecular complexity index is 444. The molecular formula is C16H21FO2. The first-order valence-electron chi connectivity index (χ1n) is 6.59. The van der Waals surface area contributed by atoms with Crippen LogP contribution in [0.1, 0.15) is 37.8 Å². The molecule has 0 saturated carbocycles. The zero-order valence-corrected chi connectivity index (χ0v) is 11.6. The van der Waals surface area contributed by atoms with Gasteiger partial charge in [-0.25, -0.2) is 4.39 Å². The molecule has 2 nitrogen and oxygen atoms in total. The summed E-state index contributed by atoms with van der Waals surface area (Å²) in [6.07, 6.45) is 2.19. The fraction of sp³-hybridized carbons (Fsp3) is 0.500. The van der Waals surface area contributed by atoms with Crippen molar-refractivity contribution in [2.75, 3.05) is 13.2 Å². The van der Waals surface area contributed by atoms with Gasteiger partial charge in [0.15, 0.2) is 0 Å². The predicted molar refractivity (Wildman–Crippen MR) is 74.1 cm³/mol. The van der Waals surface area contributed by atoms with E-state index in [1.165, 1.54) is 6.07 Å². The second-order valence-electron chi connectivity index (χ2n) is 4.86. The molecular weight excluding hydrogens is 243 g/mol. The van der Waals surface area contributed by atoms with Gasteiger partial charge in [0.05, 0.1) is 12.2 Å². The lowest BCUT2D eigenvalue weighted by molar-refractivity contribution is 0.115. The molecule has 0 aliphatic rings. The Morgan fingerprint density at radius 3 is 2.84 bits per heavy atom. The number of hydrogen-bond donors (Lipinski definition) is 1. The summed E-state index contributed by atoms with van der Waals surface area (Å²) in [5, 5.41) is 8.61. The molecule has 0 aliphatic carbocycles. The van der Waals surface area contributed by atoms with Crippen molar-refractivity contribution < 1.29 is 14.2 Å². The standard InChI is InChI=1S/C16H21FO2/c1-13(2)5-4-10-19-12-14-7-8-16(17)15(11-14)6-3-9-18/h7-8,11,13,18H,4-5,9-10,12H2,1-2H3. The van der Waals surface area contributed by atoms with E-state index in [0.717, 1.165) is 18.4 Å². The number of rotatable bonds is 6. The van der Waals surface area contributed by atoms with Gasteiger partial charge < -0.3 is 9.84 Å². The van der Waals surface area contributed by atoms with Gasteiger partial charge in [-0.3, -0.25) is 0 Å². The molecule has 0 unspecified atom stereocenters. The Balaban J connectivity index is 2.46. The quantitative estimate of drug-likeness (QED) is 0.632. The van der Waals surface area contributed by atoms with Gasteiger partial charge in [-0.2, -0.15) is 0 Å². The molecule has 0 saturated heterocycles. The molecule has 0 atom stereocenters. The van der Waals surface area contributed by atoms with Gasteiger partial charge in [-0.15, -0.1) is 0 Å². The molecule has 0 radical (unpaired) electrons. The highest BCUT2D eigenvalue weighted by molar-refractivity contribution is 5.38. The van der Waals surface area contributed by atoms with Crippen molar-refractivity contribution in [3.05, 3.63) is 35.1 Å². The maximum absolute atomic E-state index is 13.4.